The molecule has 1 atom stereocenters. The Hall–Kier alpha value is -1.29. The van der Waals surface area contributed by atoms with E-state index in [2.05, 4.69) is 0 Å². The SMILES string of the molecule is O=S(C1=CCCCC1)c1cc(O)ccc1O. The Morgan fingerprint density at radius 1 is 1.19 bits per heavy atom. The van der Waals surface area contributed by atoms with Crippen molar-refractivity contribution in [3.05, 3.63) is 29.2 Å². The number of benzene rings is 1. The molecule has 0 aliphatic heterocycles. The van der Waals surface area contributed by atoms with Crippen molar-refractivity contribution in [2.45, 2.75) is 30.6 Å². The van der Waals surface area contributed by atoms with E-state index in [1.54, 1.807) is 0 Å². The van der Waals surface area contributed by atoms with Crippen molar-refractivity contribution < 1.29 is 14.4 Å². The summed E-state index contributed by atoms with van der Waals surface area (Å²) in [5.41, 5.74) is 0. The number of rotatable bonds is 2. The van der Waals surface area contributed by atoms with Gasteiger partial charge in [-0.2, -0.15) is 0 Å². The summed E-state index contributed by atoms with van der Waals surface area (Å²) in [6, 6.07) is 4.11. The summed E-state index contributed by atoms with van der Waals surface area (Å²) in [6.07, 6.45) is 5.90. The maximum Gasteiger partial charge on any atom is 0.132 e. The number of hydrogen-bond acceptors (Lipinski definition) is 3. The van der Waals surface area contributed by atoms with Crippen LogP contribution in [0.25, 0.3) is 0 Å². The van der Waals surface area contributed by atoms with Crippen molar-refractivity contribution in [1.29, 1.82) is 0 Å². The summed E-state index contributed by atoms with van der Waals surface area (Å²) >= 11 is 0. The van der Waals surface area contributed by atoms with Crippen LogP contribution < -0.4 is 0 Å². The van der Waals surface area contributed by atoms with Crippen LogP contribution in [-0.4, -0.2) is 14.4 Å². The molecular weight excluding hydrogens is 224 g/mol. The monoisotopic (exact) mass is 238 g/mol. The third-order valence-corrected chi connectivity index (χ3v) is 4.20. The standard InChI is InChI=1S/C12H14O3S/c13-9-6-7-11(14)12(8-9)16(15)10-4-2-1-3-5-10/h4,6-8,13-14H,1-3,5H2. The van der Waals surface area contributed by atoms with Gasteiger partial charge in [-0.25, -0.2) is 4.21 Å². The Morgan fingerprint density at radius 3 is 2.69 bits per heavy atom. The van der Waals surface area contributed by atoms with Gasteiger partial charge in [0.2, 0.25) is 0 Å². The molecule has 0 saturated carbocycles. The van der Waals surface area contributed by atoms with Gasteiger partial charge in [-0.1, -0.05) is 6.08 Å². The van der Waals surface area contributed by atoms with Gasteiger partial charge in [-0.3, -0.25) is 0 Å². The molecule has 16 heavy (non-hydrogen) atoms. The third-order valence-electron chi connectivity index (χ3n) is 2.63. The zero-order chi connectivity index (χ0) is 11.5. The molecule has 2 N–H and O–H groups in total. The molecule has 0 saturated heterocycles. The lowest BCUT2D eigenvalue weighted by Gasteiger charge is -2.13. The second kappa shape index (κ2) is 4.70. The van der Waals surface area contributed by atoms with E-state index in [0.29, 0.717) is 4.90 Å². The molecule has 86 valence electrons. The lowest BCUT2D eigenvalue weighted by atomic mass is 10.1. The highest BCUT2D eigenvalue weighted by atomic mass is 32.2. The van der Waals surface area contributed by atoms with Crippen LogP contribution in [0.5, 0.6) is 11.5 Å². The van der Waals surface area contributed by atoms with Gasteiger partial charge in [0.15, 0.2) is 0 Å². The van der Waals surface area contributed by atoms with Crippen LogP contribution in [0.1, 0.15) is 25.7 Å². The molecule has 1 aromatic carbocycles. The van der Waals surface area contributed by atoms with E-state index in [1.807, 2.05) is 6.08 Å². The van der Waals surface area contributed by atoms with Crippen LogP contribution in [0.4, 0.5) is 0 Å². The van der Waals surface area contributed by atoms with Crippen LogP contribution in [0, 0.1) is 0 Å². The van der Waals surface area contributed by atoms with Crippen molar-refractivity contribution >= 4 is 10.8 Å². The molecule has 1 unspecified atom stereocenters. The predicted octanol–water partition coefficient (Wildman–Crippen LogP) is 2.66. The predicted molar refractivity (Wildman–Crippen MR) is 62.7 cm³/mol. The summed E-state index contributed by atoms with van der Waals surface area (Å²) in [5.74, 6) is 0.000154. The van der Waals surface area contributed by atoms with E-state index < -0.39 is 10.8 Å². The molecule has 1 aliphatic carbocycles. The fourth-order valence-electron chi connectivity index (χ4n) is 1.77. The van der Waals surface area contributed by atoms with Crippen molar-refractivity contribution in [3.63, 3.8) is 0 Å². The summed E-state index contributed by atoms with van der Waals surface area (Å²) in [6.45, 7) is 0. The first kappa shape index (κ1) is 11.2. The minimum Gasteiger partial charge on any atom is -0.508 e. The Kier molecular flexibility index (Phi) is 3.29. The molecule has 0 amide bonds. The van der Waals surface area contributed by atoms with Gasteiger partial charge in [0.25, 0.3) is 0 Å². The molecule has 0 radical (unpaired) electrons. The average Bonchev–Trinajstić information content (AvgIpc) is 2.32. The minimum absolute atomic E-state index is 0.0254. The molecule has 4 heteroatoms. The summed E-state index contributed by atoms with van der Waals surface area (Å²) in [5, 5.41) is 18.9. The molecule has 0 fully saturated rings. The number of phenolic OH excluding ortho intramolecular Hbond substituents is 2. The fraction of sp³-hybridized carbons (Fsp3) is 0.333. The average molecular weight is 238 g/mol. The quantitative estimate of drug-likeness (QED) is 0.779. The van der Waals surface area contributed by atoms with Crippen molar-refractivity contribution in [3.8, 4) is 11.5 Å². The molecule has 0 bridgehead atoms. The molecule has 0 heterocycles. The van der Waals surface area contributed by atoms with E-state index in [0.717, 1.165) is 30.6 Å². The maximum absolute atomic E-state index is 12.1. The summed E-state index contributed by atoms with van der Waals surface area (Å²) in [4.78, 5) is 1.15. The molecule has 0 aromatic heterocycles. The minimum atomic E-state index is -1.34. The molecule has 0 spiro atoms. The molecular formula is C12H14O3S. The van der Waals surface area contributed by atoms with Crippen molar-refractivity contribution in [2.75, 3.05) is 0 Å². The third kappa shape index (κ3) is 2.27. The molecule has 3 nitrogen and oxygen atoms in total. The number of hydrogen-bond donors (Lipinski definition) is 2. The first-order valence-electron chi connectivity index (χ1n) is 5.31. The van der Waals surface area contributed by atoms with Crippen LogP contribution in [0.15, 0.2) is 34.1 Å². The van der Waals surface area contributed by atoms with Crippen LogP contribution >= 0.6 is 0 Å². The Balaban J connectivity index is 2.33. The second-order valence-corrected chi connectivity index (χ2v) is 5.34. The Labute approximate surface area is 96.9 Å². The Morgan fingerprint density at radius 2 is 2.00 bits per heavy atom. The normalized spacial score (nSPS) is 17.9. The summed E-state index contributed by atoms with van der Waals surface area (Å²) in [7, 11) is -1.34. The number of phenols is 2. The van der Waals surface area contributed by atoms with Crippen LogP contribution in [0.2, 0.25) is 0 Å². The highest BCUT2D eigenvalue weighted by Crippen LogP contribution is 2.31. The van der Waals surface area contributed by atoms with Crippen LogP contribution in [0.3, 0.4) is 0 Å². The van der Waals surface area contributed by atoms with Crippen molar-refractivity contribution in [1.82, 2.24) is 0 Å². The van der Waals surface area contributed by atoms with Gasteiger partial charge in [0.1, 0.15) is 11.5 Å². The van der Waals surface area contributed by atoms with Gasteiger partial charge in [0.05, 0.1) is 15.7 Å². The molecule has 1 aromatic rings. The summed E-state index contributed by atoms with van der Waals surface area (Å²) < 4.78 is 12.1. The zero-order valence-corrected chi connectivity index (χ0v) is 9.67. The van der Waals surface area contributed by atoms with Crippen LogP contribution in [-0.2, 0) is 10.8 Å². The first-order chi connectivity index (χ1) is 7.68. The molecule has 2 rings (SSSR count). The van der Waals surface area contributed by atoms with E-state index in [1.165, 1.54) is 18.2 Å². The smallest absolute Gasteiger partial charge is 0.132 e. The zero-order valence-electron chi connectivity index (χ0n) is 8.85. The van der Waals surface area contributed by atoms with Gasteiger partial charge in [0, 0.05) is 11.0 Å². The largest absolute Gasteiger partial charge is 0.508 e. The molecule has 1 aliphatic rings. The van der Waals surface area contributed by atoms with Gasteiger partial charge in [-0.05, 0) is 37.8 Å². The first-order valence-corrected chi connectivity index (χ1v) is 6.46. The van der Waals surface area contributed by atoms with E-state index >= 15 is 0 Å². The number of allylic oxidation sites excluding steroid dienone is 2. The van der Waals surface area contributed by atoms with Gasteiger partial charge in [-0.15, -0.1) is 0 Å². The lowest BCUT2D eigenvalue weighted by Crippen LogP contribution is -2.00. The second-order valence-electron chi connectivity index (χ2n) is 3.84. The topological polar surface area (TPSA) is 57.5 Å². The number of aromatic hydroxyl groups is 2. The van der Waals surface area contributed by atoms with E-state index in [9.17, 15) is 14.4 Å². The maximum atomic E-state index is 12.1. The van der Waals surface area contributed by atoms with E-state index in [-0.39, 0.29) is 11.5 Å². The highest BCUT2D eigenvalue weighted by Gasteiger charge is 2.16. The van der Waals surface area contributed by atoms with E-state index in [4.69, 9.17) is 0 Å². The Bertz CT molecular complexity index is 452. The highest BCUT2D eigenvalue weighted by molar-refractivity contribution is 7.89. The fourth-order valence-corrected chi connectivity index (χ4v) is 3.14. The lowest BCUT2D eigenvalue weighted by molar-refractivity contribution is 0.447. The van der Waals surface area contributed by atoms with Crippen molar-refractivity contribution in [2.24, 2.45) is 0 Å². The van der Waals surface area contributed by atoms with Gasteiger partial charge >= 0.3 is 0 Å². The van der Waals surface area contributed by atoms with Gasteiger partial charge < -0.3 is 10.2 Å².